The maximum absolute atomic E-state index is 12.6. The zero-order valence-electron chi connectivity index (χ0n) is 15.3. The van der Waals surface area contributed by atoms with Gasteiger partial charge in [0, 0.05) is 38.3 Å². The Morgan fingerprint density at radius 3 is 2.46 bits per heavy atom. The highest BCUT2D eigenvalue weighted by atomic mass is 16.5. The summed E-state index contributed by atoms with van der Waals surface area (Å²) in [6, 6.07) is 9.18. The third-order valence-electron chi connectivity index (χ3n) is 3.93. The minimum Gasteiger partial charge on any atom is -0.361 e. The van der Waals surface area contributed by atoms with E-state index in [0.29, 0.717) is 12.1 Å². The van der Waals surface area contributed by atoms with Gasteiger partial charge in [0.25, 0.3) is 5.91 Å². The molecule has 0 aliphatic carbocycles. The largest absolute Gasteiger partial charge is 0.361 e. The number of anilines is 1. The quantitative estimate of drug-likeness (QED) is 0.704. The molecule has 0 N–H and O–H groups in total. The molecule has 7 heteroatoms. The summed E-state index contributed by atoms with van der Waals surface area (Å²) in [6.45, 7) is 2.22. The normalized spacial score (nSPS) is 10.6. The summed E-state index contributed by atoms with van der Waals surface area (Å²) in [5.41, 5.74) is 3.01. The molecule has 2 aromatic heterocycles. The molecule has 0 fully saturated rings. The molecule has 0 unspecified atom stereocenters. The molecule has 7 nitrogen and oxygen atoms in total. The molecule has 3 rings (SSSR count). The van der Waals surface area contributed by atoms with Crippen LogP contribution >= 0.6 is 0 Å². The van der Waals surface area contributed by atoms with Gasteiger partial charge in [0.05, 0.1) is 24.6 Å². The highest BCUT2D eigenvalue weighted by molar-refractivity contribution is 5.94. The molecule has 0 atom stereocenters. The Morgan fingerprint density at radius 1 is 1.12 bits per heavy atom. The topological polar surface area (TPSA) is 75.4 Å². The van der Waals surface area contributed by atoms with Crippen LogP contribution in [-0.2, 0) is 6.54 Å². The van der Waals surface area contributed by atoms with Gasteiger partial charge in [-0.25, -0.2) is 4.98 Å². The number of nitrogens with zero attached hydrogens (tertiary/aromatic N) is 5. The van der Waals surface area contributed by atoms with Crippen LogP contribution < -0.4 is 4.90 Å². The lowest BCUT2D eigenvalue weighted by atomic mass is 10.1. The zero-order chi connectivity index (χ0) is 18.7. The summed E-state index contributed by atoms with van der Waals surface area (Å²) in [5.74, 6) is 1.43. The van der Waals surface area contributed by atoms with Crippen LogP contribution in [0.5, 0.6) is 0 Å². The van der Waals surface area contributed by atoms with Gasteiger partial charge in [-0.3, -0.25) is 9.78 Å². The van der Waals surface area contributed by atoms with Crippen LogP contribution in [0.15, 0.2) is 47.2 Å². The van der Waals surface area contributed by atoms with Crippen LogP contribution in [-0.4, -0.2) is 47.1 Å². The minimum absolute atomic E-state index is 0.0784. The van der Waals surface area contributed by atoms with Crippen molar-refractivity contribution in [2.24, 2.45) is 0 Å². The van der Waals surface area contributed by atoms with Crippen molar-refractivity contribution >= 4 is 11.7 Å². The lowest BCUT2D eigenvalue weighted by molar-refractivity contribution is 0.0782. The highest BCUT2D eigenvalue weighted by Gasteiger charge is 2.14. The van der Waals surface area contributed by atoms with Gasteiger partial charge >= 0.3 is 0 Å². The Labute approximate surface area is 152 Å². The molecule has 134 valence electrons. The number of carbonyl (C=O) groups is 1. The first-order valence-electron chi connectivity index (χ1n) is 8.21. The van der Waals surface area contributed by atoms with Gasteiger partial charge in [-0.05, 0) is 19.1 Å². The van der Waals surface area contributed by atoms with E-state index in [-0.39, 0.29) is 5.91 Å². The monoisotopic (exact) mass is 351 g/mol. The van der Waals surface area contributed by atoms with Crippen molar-refractivity contribution in [3.05, 3.63) is 59.7 Å². The van der Waals surface area contributed by atoms with Gasteiger partial charge in [-0.1, -0.05) is 17.3 Å². The SMILES string of the molecule is Cc1cc(CN(C)C(=O)c2ccc(-c3cncc(N(C)C)n3)cc2)no1. The summed E-state index contributed by atoms with van der Waals surface area (Å²) in [6.07, 6.45) is 3.42. The Kier molecular flexibility index (Phi) is 4.97. The highest BCUT2D eigenvalue weighted by Crippen LogP contribution is 2.20. The molecule has 0 saturated carbocycles. The molecule has 0 radical (unpaired) electrons. The van der Waals surface area contributed by atoms with Crippen molar-refractivity contribution in [2.45, 2.75) is 13.5 Å². The first-order valence-corrected chi connectivity index (χ1v) is 8.21. The van der Waals surface area contributed by atoms with Crippen molar-refractivity contribution in [2.75, 3.05) is 26.0 Å². The van der Waals surface area contributed by atoms with E-state index >= 15 is 0 Å². The number of amides is 1. The second-order valence-corrected chi connectivity index (χ2v) is 6.32. The lowest BCUT2D eigenvalue weighted by Crippen LogP contribution is -2.26. The third kappa shape index (κ3) is 3.88. The second-order valence-electron chi connectivity index (χ2n) is 6.32. The van der Waals surface area contributed by atoms with Crippen molar-refractivity contribution in [1.82, 2.24) is 20.0 Å². The van der Waals surface area contributed by atoms with Gasteiger partial charge in [0.2, 0.25) is 0 Å². The van der Waals surface area contributed by atoms with Crippen LogP contribution in [0.1, 0.15) is 21.8 Å². The van der Waals surface area contributed by atoms with E-state index in [2.05, 4.69) is 15.1 Å². The molecule has 0 aliphatic heterocycles. The van der Waals surface area contributed by atoms with E-state index in [4.69, 9.17) is 4.52 Å². The molecule has 2 heterocycles. The van der Waals surface area contributed by atoms with Crippen molar-refractivity contribution in [3.63, 3.8) is 0 Å². The number of hydrogen-bond acceptors (Lipinski definition) is 6. The number of carbonyl (C=O) groups excluding carboxylic acids is 1. The van der Waals surface area contributed by atoms with E-state index in [1.165, 1.54) is 0 Å². The number of benzene rings is 1. The lowest BCUT2D eigenvalue weighted by Gasteiger charge is -2.16. The van der Waals surface area contributed by atoms with Crippen molar-refractivity contribution < 1.29 is 9.32 Å². The van der Waals surface area contributed by atoms with Crippen LogP contribution in [0.3, 0.4) is 0 Å². The molecule has 3 aromatic rings. The standard InChI is InChI=1S/C19H21N5O2/c1-13-9-16(22-26-13)12-24(4)19(25)15-7-5-14(6-8-15)17-10-20-11-18(21-17)23(2)3/h5-11H,12H2,1-4H3. The molecule has 0 spiro atoms. The Hall–Kier alpha value is -3.22. The average Bonchev–Trinajstić information content (AvgIpc) is 3.06. The first kappa shape index (κ1) is 17.6. The number of hydrogen-bond donors (Lipinski definition) is 0. The van der Waals surface area contributed by atoms with E-state index < -0.39 is 0 Å². The van der Waals surface area contributed by atoms with Gasteiger partial charge in [-0.15, -0.1) is 0 Å². The summed E-state index contributed by atoms with van der Waals surface area (Å²) in [7, 11) is 5.58. The third-order valence-corrected chi connectivity index (χ3v) is 3.93. The fourth-order valence-corrected chi connectivity index (χ4v) is 2.52. The molecule has 0 bridgehead atoms. The molecule has 1 amide bonds. The molecule has 1 aromatic carbocycles. The van der Waals surface area contributed by atoms with Crippen molar-refractivity contribution in [3.8, 4) is 11.3 Å². The summed E-state index contributed by atoms with van der Waals surface area (Å²) < 4.78 is 5.04. The minimum atomic E-state index is -0.0784. The van der Waals surface area contributed by atoms with E-state index in [9.17, 15) is 4.79 Å². The van der Waals surface area contributed by atoms with E-state index in [1.807, 2.05) is 44.1 Å². The average molecular weight is 351 g/mol. The summed E-state index contributed by atoms with van der Waals surface area (Å²) in [5, 5.41) is 3.92. The Bertz CT molecular complexity index is 902. The van der Waals surface area contributed by atoms with Crippen LogP contribution in [0.25, 0.3) is 11.3 Å². The van der Waals surface area contributed by atoms with Gasteiger partial charge in [-0.2, -0.15) is 0 Å². The molecule has 0 saturated heterocycles. The summed E-state index contributed by atoms with van der Waals surface area (Å²) >= 11 is 0. The van der Waals surface area contributed by atoms with Crippen LogP contribution in [0.4, 0.5) is 5.82 Å². The summed E-state index contributed by atoms with van der Waals surface area (Å²) in [4.78, 5) is 24.9. The van der Waals surface area contributed by atoms with Crippen molar-refractivity contribution in [1.29, 1.82) is 0 Å². The predicted octanol–water partition coefficient (Wildman–Crippen LogP) is 2.78. The number of rotatable bonds is 5. The second kappa shape index (κ2) is 7.35. The number of aryl methyl sites for hydroxylation is 1. The maximum Gasteiger partial charge on any atom is 0.253 e. The Morgan fingerprint density at radius 2 is 1.85 bits per heavy atom. The Balaban J connectivity index is 1.74. The number of aromatic nitrogens is 3. The predicted molar refractivity (Wildman–Crippen MR) is 98.8 cm³/mol. The fraction of sp³-hybridized carbons (Fsp3) is 0.263. The molecular formula is C19H21N5O2. The molecular weight excluding hydrogens is 330 g/mol. The molecule has 26 heavy (non-hydrogen) atoms. The zero-order valence-corrected chi connectivity index (χ0v) is 15.3. The van der Waals surface area contributed by atoms with Gasteiger partial charge in [0.15, 0.2) is 0 Å². The van der Waals surface area contributed by atoms with Crippen LogP contribution in [0.2, 0.25) is 0 Å². The van der Waals surface area contributed by atoms with Gasteiger partial charge in [0.1, 0.15) is 17.3 Å². The van der Waals surface area contributed by atoms with Gasteiger partial charge < -0.3 is 14.3 Å². The van der Waals surface area contributed by atoms with E-state index in [1.54, 1.807) is 36.5 Å². The molecule has 0 aliphatic rings. The fourth-order valence-electron chi connectivity index (χ4n) is 2.52. The maximum atomic E-state index is 12.6. The van der Waals surface area contributed by atoms with E-state index in [0.717, 1.165) is 28.5 Å². The smallest absolute Gasteiger partial charge is 0.253 e. The first-order chi connectivity index (χ1) is 12.4. The van der Waals surface area contributed by atoms with Crippen LogP contribution in [0, 0.1) is 6.92 Å².